The molecule has 0 aliphatic carbocycles. The van der Waals surface area contributed by atoms with Crippen LogP contribution < -0.4 is 9.62 Å². The van der Waals surface area contributed by atoms with Crippen molar-refractivity contribution in [3.05, 3.63) is 130 Å². The number of hydrogen-bond acceptors (Lipinski definition) is 4. The number of aryl methyl sites for hydroxylation is 2. The lowest BCUT2D eigenvalue weighted by molar-refractivity contribution is -0.140. The fourth-order valence-electron chi connectivity index (χ4n) is 4.95. The Morgan fingerprint density at radius 1 is 0.891 bits per heavy atom. The molecule has 0 bridgehead atoms. The van der Waals surface area contributed by atoms with Crippen LogP contribution in [0, 0.1) is 19.7 Å². The standard InChI is InChI=1S/C36H39ClFN3O4S/c1-5-27(4)39-36(43)34(22-28-11-7-6-8-12-28)40(23-29-13-9-10-14-33(29)38)35(42)24-41(31-18-15-25(2)26(3)21-31)46(44,45)32-19-16-30(37)17-20-32/h6-21,27,34H,5,22-24H2,1-4H3,(H,39,43)/t27-,34-/m1/s1. The summed E-state index contributed by atoms with van der Waals surface area (Å²) in [6.07, 6.45) is 0.793. The molecule has 10 heteroatoms. The van der Waals surface area contributed by atoms with E-state index in [9.17, 15) is 18.0 Å². The fraction of sp³-hybridized carbons (Fsp3) is 0.278. The van der Waals surface area contributed by atoms with Gasteiger partial charge in [-0.3, -0.25) is 13.9 Å². The van der Waals surface area contributed by atoms with Gasteiger partial charge in [0.2, 0.25) is 11.8 Å². The number of benzene rings is 4. The summed E-state index contributed by atoms with van der Waals surface area (Å²) >= 11 is 6.05. The zero-order valence-electron chi connectivity index (χ0n) is 26.4. The van der Waals surface area contributed by atoms with Crippen LogP contribution in [0.5, 0.6) is 0 Å². The Morgan fingerprint density at radius 3 is 2.17 bits per heavy atom. The van der Waals surface area contributed by atoms with Crippen molar-refractivity contribution >= 4 is 39.1 Å². The largest absolute Gasteiger partial charge is 0.352 e. The van der Waals surface area contributed by atoms with E-state index < -0.39 is 40.2 Å². The Balaban J connectivity index is 1.83. The molecule has 46 heavy (non-hydrogen) atoms. The van der Waals surface area contributed by atoms with Crippen LogP contribution >= 0.6 is 11.6 Å². The van der Waals surface area contributed by atoms with Crippen LogP contribution in [0.1, 0.15) is 42.5 Å². The molecule has 0 unspecified atom stereocenters. The third-order valence-corrected chi connectivity index (χ3v) is 10.1. The first-order chi connectivity index (χ1) is 21.9. The van der Waals surface area contributed by atoms with Crippen LogP contribution in [0.2, 0.25) is 5.02 Å². The van der Waals surface area contributed by atoms with Crippen LogP contribution in [0.25, 0.3) is 0 Å². The van der Waals surface area contributed by atoms with Crippen LogP contribution in [0.4, 0.5) is 10.1 Å². The Hall–Kier alpha value is -4.21. The van der Waals surface area contributed by atoms with Gasteiger partial charge in [-0.1, -0.05) is 73.1 Å². The Kier molecular flexibility index (Phi) is 11.6. The minimum atomic E-state index is -4.29. The molecule has 0 aliphatic heterocycles. The second-order valence-corrected chi connectivity index (χ2v) is 13.7. The second kappa shape index (κ2) is 15.4. The molecule has 0 radical (unpaired) electrons. The molecule has 4 aromatic rings. The molecule has 4 aromatic carbocycles. The molecule has 0 fully saturated rings. The number of halogens is 2. The van der Waals surface area contributed by atoms with Crippen molar-refractivity contribution in [1.29, 1.82) is 0 Å². The molecule has 2 atom stereocenters. The smallest absolute Gasteiger partial charge is 0.264 e. The lowest BCUT2D eigenvalue weighted by Crippen LogP contribution is -2.54. The van der Waals surface area contributed by atoms with Gasteiger partial charge in [0.05, 0.1) is 10.6 Å². The predicted molar refractivity (Wildman–Crippen MR) is 181 cm³/mol. The van der Waals surface area contributed by atoms with Crippen LogP contribution in [0.3, 0.4) is 0 Å². The monoisotopic (exact) mass is 663 g/mol. The zero-order chi connectivity index (χ0) is 33.4. The normalized spacial score (nSPS) is 12.7. The average molecular weight is 664 g/mol. The summed E-state index contributed by atoms with van der Waals surface area (Å²) in [6.45, 7) is 6.67. The second-order valence-electron chi connectivity index (χ2n) is 11.4. The number of sulfonamides is 1. The lowest BCUT2D eigenvalue weighted by Gasteiger charge is -2.34. The molecule has 2 amide bonds. The van der Waals surface area contributed by atoms with Gasteiger partial charge in [-0.25, -0.2) is 12.8 Å². The average Bonchev–Trinajstić information content (AvgIpc) is 3.04. The van der Waals surface area contributed by atoms with Gasteiger partial charge in [0.15, 0.2) is 0 Å². The summed E-state index contributed by atoms with van der Waals surface area (Å²) < 4.78 is 44.4. The summed E-state index contributed by atoms with van der Waals surface area (Å²) in [5.41, 5.74) is 3.05. The number of rotatable bonds is 13. The topological polar surface area (TPSA) is 86.8 Å². The zero-order valence-corrected chi connectivity index (χ0v) is 28.0. The maximum absolute atomic E-state index is 15.1. The maximum Gasteiger partial charge on any atom is 0.264 e. The minimum absolute atomic E-state index is 0.0565. The fourth-order valence-corrected chi connectivity index (χ4v) is 6.48. The molecule has 1 N–H and O–H groups in total. The van der Waals surface area contributed by atoms with Crippen molar-refractivity contribution in [2.24, 2.45) is 0 Å². The summed E-state index contributed by atoms with van der Waals surface area (Å²) in [5, 5.41) is 3.34. The molecule has 0 aromatic heterocycles. The first-order valence-electron chi connectivity index (χ1n) is 15.1. The predicted octanol–water partition coefficient (Wildman–Crippen LogP) is 6.85. The Labute approximate surface area is 276 Å². The molecular formula is C36H39ClFN3O4S. The minimum Gasteiger partial charge on any atom is -0.352 e. The number of anilines is 1. The van der Waals surface area contributed by atoms with E-state index in [2.05, 4.69) is 5.32 Å². The van der Waals surface area contributed by atoms with Crippen molar-refractivity contribution < 1.29 is 22.4 Å². The van der Waals surface area contributed by atoms with Gasteiger partial charge < -0.3 is 10.2 Å². The lowest BCUT2D eigenvalue weighted by atomic mass is 10.0. The van der Waals surface area contributed by atoms with Gasteiger partial charge in [0.1, 0.15) is 18.4 Å². The van der Waals surface area contributed by atoms with E-state index in [0.717, 1.165) is 21.0 Å². The molecule has 0 aliphatic rings. The number of nitrogens with one attached hydrogen (secondary N) is 1. The molecular weight excluding hydrogens is 625 g/mol. The Bertz CT molecular complexity index is 1770. The third-order valence-electron chi connectivity index (χ3n) is 8.03. The molecule has 242 valence electrons. The van der Waals surface area contributed by atoms with Crippen molar-refractivity contribution in [1.82, 2.24) is 10.2 Å². The quantitative estimate of drug-likeness (QED) is 0.170. The highest BCUT2D eigenvalue weighted by Gasteiger charge is 2.35. The van der Waals surface area contributed by atoms with Gasteiger partial charge >= 0.3 is 0 Å². The van der Waals surface area contributed by atoms with Gasteiger partial charge in [-0.2, -0.15) is 0 Å². The number of nitrogens with zero attached hydrogens (tertiary/aromatic N) is 2. The van der Waals surface area contributed by atoms with E-state index in [4.69, 9.17) is 11.6 Å². The molecule has 0 saturated carbocycles. The van der Waals surface area contributed by atoms with Crippen molar-refractivity contribution in [2.75, 3.05) is 10.8 Å². The summed E-state index contributed by atoms with van der Waals surface area (Å²) in [6, 6.07) is 24.8. The van der Waals surface area contributed by atoms with E-state index in [1.54, 1.807) is 36.4 Å². The van der Waals surface area contributed by atoms with E-state index >= 15 is 4.39 Å². The van der Waals surface area contributed by atoms with Crippen LogP contribution in [-0.4, -0.2) is 43.8 Å². The number of carbonyl (C=O) groups excluding carboxylic acids is 2. The first kappa shape index (κ1) is 34.7. The van der Waals surface area contributed by atoms with E-state index in [0.29, 0.717) is 11.4 Å². The molecule has 0 spiro atoms. The van der Waals surface area contributed by atoms with Gasteiger partial charge in [0, 0.05) is 29.6 Å². The highest BCUT2D eigenvalue weighted by molar-refractivity contribution is 7.92. The SMILES string of the molecule is CC[C@@H](C)NC(=O)[C@@H](Cc1ccccc1)N(Cc1ccccc1F)C(=O)CN(c1ccc(C)c(C)c1)S(=O)(=O)c1ccc(Cl)cc1. The summed E-state index contributed by atoms with van der Waals surface area (Å²) in [7, 11) is -4.29. The molecule has 0 saturated heterocycles. The highest BCUT2D eigenvalue weighted by atomic mass is 35.5. The van der Waals surface area contributed by atoms with Gasteiger partial charge in [-0.05, 0) is 86.3 Å². The van der Waals surface area contributed by atoms with Crippen molar-refractivity contribution in [3.8, 4) is 0 Å². The van der Waals surface area contributed by atoms with E-state index in [1.165, 1.54) is 35.2 Å². The van der Waals surface area contributed by atoms with Crippen LogP contribution in [0.15, 0.2) is 102 Å². The molecule has 7 nitrogen and oxygen atoms in total. The van der Waals surface area contributed by atoms with Gasteiger partial charge in [-0.15, -0.1) is 0 Å². The van der Waals surface area contributed by atoms with Crippen molar-refractivity contribution in [3.63, 3.8) is 0 Å². The number of amides is 2. The molecule has 4 rings (SSSR count). The van der Waals surface area contributed by atoms with E-state index in [-0.39, 0.29) is 35.2 Å². The summed E-state index contributed by atoms with van der Waals surface area (Å²) in [5.74, 6) is -1.62. The molecule has 0 heterocycles. The van der Waals surface area contributed by atoms with Crippen molar-refractivity contribution in [2.45, 2.75) is 64.1 Å². The first-order valence-corrected chi connectivity index (χ1v) is 16.9. The van der Waals surface area contributed by atoms with Gasteiger partial charge in [0.25, 0.3) is 10.0 Å². The van der Waals surface area contributed by atoms with Crippen LogP contribution in [-0.2, 0) is 32.6 Å². The van der Waals surface area contributed by atoms with E-state index in [1.807, 2.05) is 58.0 Å². The number of hydrogen-bond donors (Lipinski definition) is 1. The highest BCUT2D eigenvalue weighted by Crippen LogP contribution is 2.28. The number of carbonyl (C=O) groups is 2. The maximum atomic E-state index is 15.1. The summed E-state index contributed by atoms with van der Waals surface area (Å²) in [4.78, 5) is 29.6. The Morgan fingerprint density at radius 2 is 1.54 bits per heavy atom. The third kappa shape index (κ3) is 8.53.